The minimum atomic E-state index is -0.466. The molecule has 1 N–H and O–H groups in total. The van der Waals surface area contributed by atoms with Crippen LogP contribution in [0.1, 0.15) is 29.8 Å². The Labute approximate surface area is 199 Å². The van der Waals surface area contributed by atoms with E-state index in [1.165, 1.54) is 21.3 Å². The average molecular weight is 466 g/mol. The van der Waals surface area contributed by atoms with Crippen LogP contribution in [0.4, 0.5) is 0 Å². The zero-order valence-electron chi connectivity index (χ0n) is 20.5. The van der Waals surface area contributed by atoms with Crippen molar-refractivity contribution in [3.63, 3.8) is 0 Å². The van der Waals surface area contributed by atoms with Gasteiger partial charge in [0, 0.05) is 48.4 Å². The standard InChI is InChI=1S/C26H31N3O5/c1-7-29(8-2)26(31)20(13-18-16-28(3)21-12-10-9-11-19(18)21)27-25(30)17-14-22(32-4)24(34-6)23(15-17)33-5/h9-16H,7-8H2,1-6H3,(H,27,30). The van der Waals surface area contributed by atoms with Crippen LogP contribution in [0.25, 0.3) is 17.0 Å². The number of benzene rings is 2. The lowest BCUT2D eigenvalue weighted by atomic mass is 10.1. The lowest BCUT2D eigenvalue weighted by Crippen LogP contribution is -2.38. The molecule has 0 atom stereocenters. The van der Waals surface area contributed by atoms with E-state index in [4.69, 9.17) is 14.2 Å². The number of aryl methyl sites for hydroxylation is 1. The van der Waals surface area contributed by atoms with E-state index >= 15 is 0 Å². The van der Waals surface area contributed by atoms with E-state index < -0.39 is 5.91 Å². The maximum absolute atomic E-state index is 13.3. The third-order valence-corrected chi connectivity index (χ3v) is 5.68. The Balaban J connectivity index is 2.07. The first kappa shape index (κ1) is 24.7. The Kier molecular flexibility index (Phi) is 7.83. The number of methoxy groups -OCH3 is 3. The smallest absolute Gasteiger partial charge is 0.270 e. The molecular formula is C26H31N3O5. The molecule has 0 radical (unpaired) electrons. The summed E-state index contributed by atoms with van der Waals surface area (Å²) in [5.74, 6) is 0.348. The van der Waals surface area contributed by atoms with Gasteiger partial charge in [-0.1, -0.05) is 18.2 Å². The summed E-state index contributed by atoms with van der Waals surface area (Å²) in [7, 11) is 6.40. The quantitative estimate of drug-likeness (QED) is 0.486. The molecule has 0 aliphatic rings. The number of hydrogen-bond donors (Lipinski definition) is 1. The van der Waals surface area contributed by atoms with Crippen LogP contribution in [0, 0.1) is 0 Å². The number of ether oxygens (including phenoxy) is 3. The molecule has 1 aromatic heterocycles. The summed E-state index contributed by atoms with van der Waals surface area (Å²) in [6, 6.07) is 11.0. The molecule has 1 heterocycles. The van der Waals surface area contributed by atoms with Gasteiger partial charge in [0.25, 0.3) is 11.8 Å². The number of aromatic nitrogens is 1. The summed E-state index contributed by atoms with van der Waals surface area (Å²) in [5, 5.41) is 3.80. The fourth-order valence-electron chi connectivity index (χ4n) is 3.88. The molecular weight excluding hydrogens is 434 g/mol. The number of rotatable bonds is 9. The highest BCUT2D eigenvalue weighted by atomic mass is 16.5. The normalized spacial score (nSPS) is 11.3. The molecule has 3 rings (SSSR count). The zero-order valence-corrected chi connectivity index (χ0v) is 20.5. The number of carbonyl (C=O) groups is 2. The van der Waals surface area contributed by atoms with E-state index in [1.807, 2.05) is 55.9 Å². The summed E-state index contributed by atoms with van der Waals surface area (Å²) >= 11 is 0. The molecule has 0 saturated carbocycles. The molecule has 8 heteroatoms. The number of hydrogen-bond acceptors (Lipinski definition) is 5. The van der Waals surface area contributed by atoms with Crippen LogP contribution in [0.2, 0.25) is 0 Å². The SMILES string of the molecule is CCN(CC)C(=O)C(=Cc1cn(C)c2ccccc12)NC(=O)c1cc(OC)c(OC)c(OC)c1. The first-order valence-corrected chi connectivity index (χ1v) is 11.0. The Bertz CT molecular complexity index is 1200. The van der Waals surface area contributed by atoms with Gasteiger partial charge in [-0.15, -0.1) is 0 Å². The van der Waals surface area contributed by atoms with Crippen LogP contribution < -0.4 is 19.5 Å². The second kappa shape index (κ2) is 10.8. The highest BCUT2D eigenvalue weighted by molar-refractivity contribution is 6.07. The number of nitrogens with one attached hydrogen (secondary N) is 1. The van der Waals surface area contributed by atoms with E-state index in [-0.39, 0.29) is 17.2 Å². The Morgan fingerprint density at radius 3 is 2.18 bits per heavy atom. The van der Waals surface area contributed by atoms with Gasteiger partial charge < -0.3 is 29.0 Å². The van der Waals surface area contributed by atoms with E-state index in [2.05, 4.69) is 5.32 Å². The maximum Gasteiger partial charge on any atom is 0.270 e. The van der Waals surface area contributed by atoms with Crippen molar-refractivity contribution in [2.75, 3.05) is 34.4 Å². The van der Waals surface area contributed by atoms with Gasteiger partial charge in [0.05, 0.1) is 21.3 Å². The monoisotopic (exact) mass is 465 g/mol. The molecule has 0 fully saturated rings. The van der Waals surface area contributed by atoms with Crippen LogP contribution >= 0.6 is 0 Å². The molecule has 0 spiro atoms. The number of carbonyl (C=O) groups excluding carboxylic acids is 2. The average Bonchev–Trinajstić information content (AvgIpc) is 3.18. The van der Waals surface area contributed by atoms with Gasteiger partial charge in [-0.05, 0) is 38.1 Å². The van der Waals surface area contributed by atoms with Crippen LogP contribution in [0.3, 0.4) is 0 Å². The molecule has 8 nitrogen and oxygen atoms in total. The highest BCUT2D eigenvalue weighted by Gasteiger charge is 2.22. The van der Waals surface area contributed by atoms with Gasteiger partial charge >= 0.3 is 0 Å². The fraction of sp³-hybridized carbons (Fsp3) is 0.308. The van der Waals surface area contributed by atoms with Crippen molar-refractivity contribution in [1.82, 2.24) is 14.8 Å². The van der Waals surface area contributed by atoms with Crippen LogP contribution in [0.5, 0.6) is 17.2 Å². The van der Waals surface area contributed by atoms with E-state index in [0.29, 0.717) is 30.3 Å². The van der Waals surface area contributed by atoms with Crippen molar-refractivity contribution < 1.29 is 23.8 Å². The summed E-state index contributed by atoms with van der Waals surface area (Å²) in [6.07, 6.45) is 3.66. The molecule has 0 aliphatic carbocycles. The first-order chi connectivity index (χ1) is 16.4. The van der Waals surface area contributed by atoms with Gasteiger partial charge in [0.15, 0.2) is 11.5 Å². The third-order valence-electron chi connectivity index (χ3n) is 5.68. The molecule has 180 valence electrons. The van der Waals surface area contributed by atoms with Crippen molar-refractivity contribution in [3.8, 4) is 17.2 Å². The summed E-state index contributed by atoms with van der Waals surface area (Å²) in [5.41, 5.74) is 2.31. The third kappa shape index (κ3) is 4.85. The lowest BCUT2D eigenvalue weighted by Gasteiger charge is -2.21. The number of amides is 2. The van der Waals surface area contributed by atoms with Crippen molar-refractivity contribution in [2.24, 2.45) is 7.05 Å². The van der Waals surface area contributed by atoms with Gasteiger partial charge in [0.1, 0.15) is 5.70 Å². The molecule has 2 aromatic carbocycles. The van der Waals surface area contributed by atoms with E-state index in [9.17, 15) is 9.59 Å². The number of nitrogens with zero attached hydrogens (tertiary/aromatic N) is 2. The zero-order chi connectivity index (χ0) is 24.8. The minimum absolute atomic E-state index is 0.179. The summed E-state index contributed by atoms with van der Waals surface area (Å²) in [6.45, 7) is 4.83. The predicted molar refractivity (Wildman–Crippen MR) is 132 cm³/mol. The molecule has 3 aromatic rings. The molecule has 2 amide bonds. The molecule has 0 bridgehead atoms. The summed E-state index contributed by atoms with van der Waals surface area (Å²) < 4.78 is 18.1. The molecule has 0 unspecified atom stereocenters. The Morgan fingerprint density at radius 2 is 1.62 bits per heavy atom. The van der Waals surface area contributed by atoms with Crippen molar-refractivity contribution in [1.29, 1.82) is 0 Å². The van der Waals surface area contributed by atoms with E-state index in [1.54, 1.807) is 23.1 Å². The van der Waals surface area contributed by atoms with Crippen molar-refractivity contribution in [3.05, 3.63) is 59.4 Å². The maximum atomic E-state index is 13.3. The summed E-state index contributed by atoms with van der Waals surface area (Å²) in [4.78, 5) is 28.3. The second-order valence-corrected chi connectivity index (χ2v) is 7.62. The molecule has 34 heavy (non-hydrogen) atoms. The first-order valence-electron chi connectivity index (χ1n) is 11.0. The van der Waals surface area contributed by atoms with Crippen molar-refractivity contribution >= 4 is 28.8 Å². The van der Waals surface area contributed by atoms with E-state index in [0.717, 1.165) is 16.5 Å². The van der Waals surface area contributed by atoms with Crippen LogP contribution in [-0.2, 0) is 11.8 Å². The Hall–Kier alpha value is -3.94. The highest BCUT2D eigenvalue weighted by Crippen LogP contribution is 2.38. The second-order valence-electron chi connectivity index (χ2n) is 7.62. The number of fused-ring (bicyclic) bond motifs is 1. The Morgan fingerprint density at radius 1 is 1.00 bits per heavy atom. The van der Waals surface area contributed by atoms with Gasteiger partial charge in [-0.25, -0.2) is 0 Å². The van der Waals surface area contributed by atoms with Crippen molar-refractivity contribution in [2.45, 2.75) is 13.8 Å². The van der Waals surface area contributed by atoms with Gasteiger partial charge in [0.2, 0.25) is 5.75 Å². The fourth-order valence-corrected chi connectivity index (χ4v) is 3.88. The minimum Gasteiger partial charge on any atom is -0.493 e. The topological polar surface area (TPSA) is 82.0 Å². The van der Waals surface area contributed by atoms with Crippen LogP contribution in [0.15, 0.2) is 48.3 Å². The molecule has 0 saturated heterocycles. The van der Waals surface area contributed by atoms with Gasteiger partial charge in [-0.3, -0.25) is 9.59 Å². The number of para-hydroxylation sites is 1. The predicted octanol–water partition coefficient (Wildman–Crippen LogP) is 3.84. The van der Waals surface area contributed by atoms with Crippen LogP contribution in [-0.4, -0.2) is 55.7 Å². The van der Waals surface area contributed by atoms with Gasteiger partial charge in [-0.2, -0.15) is 0 Å². The lowest BCUT2D eigenvalue weighted by molar-refractivity contribution is -0.127. The molecule has 0 aliphatic heterocycles. The number of likely N-dealkylation sites (N-methyl/N-ethyl adjacent to an activating group) is 1. The largest absolute Gasteiger partial charge is 0.493 e.